The van der Waals surface area contributed by atoms with Crippen LogP contribution in [0.25, 0.3) is 37.9 Å². The third kappa shape index (κ3) is 4.11. The van der Waals surface area contributed by atoms with Gasteiger partial charge in [-0.2, -0.15) is 0 Å². The van der Waals surface area contributed by atoms with Gasteiger partial charge < -0.3 is 10.1 Å². The zero-order chi connectivity index (χ0) is 26.3. The number of pyridine rings is 2. The van der Waals surface area contributed by atoms with Crippen LogP contribution >= 0.6 is 11.3 Å². The van der Waals surface area contributed by atoms with Crippen LogP contribution in [0.4, 0.5) is 5.82 Å². The molecule has 5 heterocycles. The van der Waals surface area contributed by atoms with Crippen molar-refractivity contribution < 1.29 is 4.74 Å². The zero-order valence-electron chi connectivity index (χ0n) is 21.2. The number of ether oxygens (including phenoxy) is 1. The topological polar surface area (TPSA) is 94.8 Å². The van der Waals surface area contributed by atoms with Gasteiger partial charge in [-0.05, 0) is 55.0 Å². The largest absolute Gasteiger partial charge is 0.477 e. The highest BCUT2D eigenvalue weighted by molar-refractivity contribution is 7.16. The standard InChI is InChI=1S/C30H24N6O2S/c1-18(35-27-26-29(33-16-32-27)39-17-34-26)24-14-19-7-5-11-23(21-13-20-8-6-12-38-28(20)31-15-21)25(19)30(37)36(24)22-9-3-2-4-10-22/h2-5,7,9-11,13-18H,6,8,12H2,1H3,(H,32,33,35)/t18-/m0/s1. The van der Waals surface area contributed by atoms with E-state index >= 15 is 0 Å². The number of aryl methyl sites for hydroxylation is 1. The molecule has 0 radical (unpaired) electrons. The molecule has 0 aliphatic carbocycles. The van der Waals surface area contributed by atoms with Crippen LogP contribution < -0.4 is 15.6 Å². The molecule has 1 aliphatic rings. The maximum Gasteiger partial charge on any atom is 0.263 e. The molecule has 0 bridgehead atoms. The average Bonchev–Trinajstić information content (AvgIpc) is 3.47. The Morgan fingerprint density at radius 2 is 1.92 bits per heavy atom. The van der Waals surface area contributed by atoms with Crippen molar-refractivity contribution in [1.82, 2.24) is 24.5 Å². The first-order valence-electron chi connectivity index (χ1n) is 12.8. The predicted molar refractivity (Wildman–Crippen MR) is 154 cm³/mol. The van der Waals surface area contributed by atoms with Crippen LogP contribution in [0.3, 0.4) is 0 Å². The number of para-hydroxylation sites is 1. The molecular weight excluding hydrogens is 508 g/mol. The molecule has 0 saturated carbocycles. The molecule has 192 valence electrons. The molecular formula is C30H24N6O2S. The molecule has 8 nitrogen and oxygen atoms in total. The van der Waals surface area contributed by atoms with Gasteiger partial charge in [-0.3, -0.25) is 9.36 Å². The molecule has 2 aromatic carbocycles. The Labute approximate surface area is 228 Å². The molecule has 0 fully saturated rings. The van der Waals surface area contributed by atoms with Gasteiger partial charge in [0.1, 0.15) is 16.7 Å². The van der Waals surface area contributed by atoms with E-state index in [0.717, 1.165) is 56.6 Å². The first kappa shape index (κ1) is 23.5. The molecule has 1 aliphatic heterocycles. The summed E-state index contributed by atoms with van der Waals surface area (Å²) in [5.74, 6) is 1.32. The molecule has 6 aromatic rings. The van der Waals surface area contributed by atoms with Crippen LogP contribution in [0, 0.1) is 0 Å². The Hall–Kier alpha value is -4.63. The third-order valence-electron chi connectivity index (χ3n) is 7.09. The summed E-state index contributed by atoms with van der Waals surface area (Å²) in [6.45, 7) is 2.71. The number of nitrogens with one attached hydrogen (secondary N) is 1. The van der Waals surface area contributed by atoms with Crippen molar-refractivity contribution in [2.24, 2.45) is 0 Å². The molecule has 4 aromatic heterocycles. The summed E-state index contributed by atoms with van der Waals surface area (Å²) in [5, 5.41) is 5.00. The van der Waals surface area contributed by atoms with Crippen LogP contribution in [0.15, 0.2) is 83.5 Å². The summed E-state index contributed by atoms with van der Waals surface area (Å²) < 4.78 is 7.51. The maximum absolute atomic E-state index is 14.4. The number of thiazole rings is 1. The minimum atomic E-state index is -0.256. The van der Waals surface area contributed by atoms with E-state index in [0.29, 0.717) is 23.7 Å². The van der Waals surface area contributed by atoms with Gasteiger partial charge in [-0.15, -0.1) is 11.3 Å². The van der Waals surface area contributed by atoms with Gasteiger partial charge in [-0.1, -0.05) is 36.4 Å². The van der Waals surface area contributed by atoms with Gasteiger partial charge in [0.15, 0.2) is 5.82 Å². The zero-order valence-corrected chi connectivity index (χ0v) is 22.0. The van der Waals surface area contributed by atoms with Gasteiger partial charge >= 0.3 is 0 Å². The van der Waals surface area contributed by atoms with E-state index < -0.39 is 0 Å². The minimum Gasteiger partial charge on any atom is -0.477 e. The lowest BCUT2D eigenvalue weighted by Crippen LogP contribution is -2.26. The predicted octanol–water partition coefficient (Wildman–Crippen LogP) is 5.95. The van der Waals surface area contributed by atoms with Gasteiger partial charge in [0, 0.05) is 28.7 Å². The lowest BCUT2D eigenvalue weighted by molar-refractivity contribution is 0.276. The number of nitrogens with zero attached hydrogens (tertiary/aromatic N) is 5. The van der Waals surface area contributed by atoms with Crippen molar-refractivity contribution in [1.29, 1.82) is 0 Å². The van der Waals surface area contributed by atoms with E-state index in [-0.39, 0.29) is 11.6 Å². The van der Waals surface area contributed by atoms with Crippen LogP contribution in [-0.4, -0.2) is 31.1 Å². The van der Waals surface area contributed by atoms with E-state index in [1.54, 1.807) is 16.3 Å². The SMILES string of the molecule is C[C@H](Nc1ncnc2scnc12)c1cc2cccc(-c3cnc4c(c3)CCCO4)c2c(=O)n1-c1ccccc1. The Morgan fingerprint density at radius 3 is 2.82 bits per heavy atom. The van der Waals surface area contributed by atoms with Crippen LogP contribution in [0.1, 0.15) is 30.6 Å². The Bertz CT molecular complexity index is 1900. The summed E-state index contributed by atoms with van der Waals surface area (Å²) in [6, 6.07) is 19.6. The van der Waals surface area contributed by atoms with E-state index in [2.05, 4.69) is 37.4 Å². The number of aromatic nitrogens is 5. The molecule has 39 heavy (non-hydrogen) atoms. The number of fused-ring (bicyclic) bond motifs is 3. The van der Waals surface area contributed by atoms with Crippen molar-refractivity contribution in [2.75, 3.05) is 11.9 Å². The second kappa shape index (κ2) is 9.59. The fraction of sp³-hybridized carbons (Fsp3) is 0.167. The van der Waals surface area contributed by atoms with Crippen LogP contribution in [-0.2, 0) is 6.42 Å². The lowest BCUT2D eigenvalue weighted by Gasteiger charge is -2.22. The molecule has 7 rings (SSSR count). The lowest BCUT2D eigenvalue weighted by atomic mass is 9.97. The number of hydrogen-bond acceptors (Lipinski definition) is 8. The first-order chi connectivity index (χ1) is 19.2. The molecule has 0 unspecified atom stereocenters. The summed E-state index contributed by atoms with van der Waals surface area (Å²) >= 11 is 1.47. The number of anilines is 1. The summed E-state index contributed by atoms with van der Waals surface area (Å²) in [5.41, 5.74) is 6.84. The second-order valence-corrected chi connectivity index (χ2v) is 10.4. The number of hydrogen-bond donors (Lipinski definition) is 1. The van der Waals surface area contributed by atoms with Crippen molar-refractivity contribution in [3.05, 3.63) is 100 Å². The van der Waals surface area contributed by atoms with E-state index in [9.17, 15) is 4.79 Å². The van der Waals surface area contributed by atoms with Crippen LogP contribution in [0.5, 0.6) is 5.88 Å². The van der Waals surface area contributed by atoms with Crippen molar-refractivity contribution in [2.45, 2.75) is 25.8 Å². The Morgan fingerprint density at radius 1 is 1.03 bits per heavy atom. The van der Waals surface area contributed by atoms with Crippen molar-refractivity contribution in [3.63, 3.8) is 0 Å². The maximum atomic E-state index is 14.4. The molecule has 9 heteroatoms. The van der Waals surface area contributed by atoms with Gasteiger partial charge in [0.05, 0.1) is 23.5 Å². The normalized spacial score (nSPS) is 13.7. The van der Waals surface area contributed by atoms with E-state index in [1.165, 1.54) is 17.7 Å². The monoisotopic (exact) mass is 532 g/mol. The van der Waals surface area contributed by atoms with Gasteiger partial charge in [-0.25, -0.2) is 19.9 Å². The average molecular weight is 533 g/mol. The summed E-state index contributed by atoms with van der Waals surface area (Å²) in [7, 11) is 0. The summed E-state index contributed by atoms with van der Waals surface area (Å²) in [4.78, 5) is 33.0. The summed E-state index contributed by atoms with van der Waals surface area (Å²) in [6.07, 6.45) is 5.21. The van der Waals surface area contributed by atoms with Crippen LogP contribution in [0.2, 0.25) is 0 Å². The number of rotatable bonds is 5. The van der Waals surface area contributed by atoms with E-state index in [1.807, 2.05) is 55.5 Å². The molecule has 0 saturated heterocycles. The van der Waals surface area contributed by atoms with Crippen molar-refractivity contribution >= 4 is 38.3 Å². The molecule has 0 amide bonds. The highest BCUT2D eigenvalue weighted by Gasteiger charge is 2.21. The quantitative estimate of drug-likeness (QED) is 0.293. The second-order valence-electron chi connectivity index (χ2n) is 9.55. The van der Waals surface area contributed by atoms with Crippen molar-refractivity contribution in [3.8, 4) is 22.7 Å². The first-order valence-corrected chi connectivity index (χ1v) is 13.7. The Kier molecular flexibility index (Phi) is 5.78. The number of benzene rings is 2. The highest BCUT2D eigenvalue weighted by Crippen LogP contribution is 2.33. The van der Waals surface area contributed by atoms with Gasteiger partial charge in [0.2, 0.25) is 5.88 Å². The minimum absolute atomic E-state index is 0.0894. The molecule has 1 N–H and O–H groups in total. The molecule has 1 atom stereocenters. The fourth-order valence-corrected chi connectivity index (χ4v) is 5.88. The smallest absolute Gasteiger partial charge is 0.263 e. The highest BCUT2D eigenvalue weighted by atomic mass is 32.1. The molecule has 0 spiro atoms. The third-order valence-corrected chi connectivity index (χ3v) is 7.82. The fourth-order valence-electron chi connectivity index (χ4n) is 5.25. The van der Waals surface area contributed by atoms with Gasteiger partial charge in [0.25, 0.3) is 5.56 Å². The van der Waals surface area contributed by atoms with E-state index in [4.69, 9.17) is 4.74 Å². The Balaban J connectivity index is 1.42.